The number of hydrogen-bond donors (Lipinski definition) is 3. The summed E-state index contributed by atoms with van der Waals surface area (Å²) in [5.74, 6) is -0.268. The molecule has 1 aromatic rings. The number of primary amides is 1. The number of anilines is 2. The third-order valence-electron chi connectivity index (χ3n) is 4.12. The normalized spacial score (nSPS) is 15.4. The highest BCUT2D eigenvalue weighted by atomic mass is 16.5. The molecule has 0 aromatic heterocycles. The van der Waals surface area contributed by atoms with Crippen LogP contribution >= 0.6 is 0 Å². The number of hydrogen-bond acceptors (Lipinski definition) is 5. The summed E-state index contributed by atoms with van der Waals surface area (Å²) in [5, 5.41) is 5.55. The number of benzene rings is 1. The first-order valence-corrected chi connectivity index (χ1v) is 8.16. The Morgan fingerprint density at radius 2 is 1.92 bits per heavy atom. The van der Waals surface area contributed by atoms with E-state index in [1.807, 2.05) is 4.90 Å². The van der Waals surface area contributed by atoms with E-state index in [0.29, 0.717) is 43.1 Å². The van der Waals surface area contributed by atoms with Gasteiger partial charge in [-0.2, -0.15) is 0 Å². The molecule has 4 N–H and O–H groups in total. The van der Waals surface area contributed by atoms with E-state index in [9.17, 15) is 14.4 Å². The van der Waals surface area contributed by atoms with Gasteiger partial charge in [0.25, 0.3) is 0 Å². The van der Waals surface area contributed by atoms with Crippen LogP contribution in [0.4, 0.5) is 11.4 Å². The molecule has 1 aliphatic heterocycles. The fraction of sp³-hybridized carbons (Fsp3) is 0.471. The molecule has 0 atom stereocenters. The number of methoxy groups -OCH3 is 1. The standard InChI is InChI=1S/C17H24N4O4/c1-11(22)19-13-3-4-15(25-2)14(9-13)20-17(24)12-5-7-21(8-6-12)10-16(18)23/h3-4,9,12H,5-8,10H2,1-2H3,(H2,18,23)(H,19,22)(H,20,24). The number of ether oxygens (including phenoxy) is 1. The Hall–Kier alpha value is -2.61. The third-order valence-corrected chi connectivity index (χ3v) is 4.12. The minimum absolute atomic E-state index is 0.1000. The lowest BCUT2D eigenvalue weighted by Gasteiger charge is -2.30. The topological polar surface area (TPSA) is 114 Å². The summed E-state index contributed by atoms with van der Waals surface area (Å²) in [5.41, 5.74) is 6.29. The Kier molecular flexibility index (Phi) is 6.35. The van der Waals surface area contributed by atoms with Gasteiger partial charge in [-0.05, 0) is 44.1 Å². The van der Waals surface area contributed by atoms with Crippen molar-refractivity contribution < 1.29 is 19.1 Å². The number of amides is 3. The molecule has 1 fully saturated rings. The zero-order chi connectivity index (χ0) is 18.4. The molecule has 1 aliphatic rings. The second-order valence-corrected chi connectivity index (χ2v) is 6.10. The molecule has 0 saturated carbocycles. The van der Waals surface area contributed by atoms with Crippen LogP contribution in [0.1, 0.15) is 19.8 Å². The van der Waals surface area contributed by atoms with E-state index in [1.54, 1.807) is 18.2 Å². The van der Waals surface area contributed by atoms with Gasteiger partial charge in [0.15, 0.2) is 0 Å². The molecule has 0 spiro atoms. The number of carbonyl (C=O) groups excluding carboxylic acids is 3. The van der Waals surface area contributed by atoms with Crippen LogP contribution in [0.2, 0.25) is 0 Å². The Balaban J connectivity index is 2.00. The quantitative estimate of drug-likeness (QED) is 0.703. The first-order valence-electron chi connectivity index (χ1n) is 8.16. The van der Waals surface area contributed by atoms with Gasteiger partial charge in [-0.3, -0.25) is 19.3 Å². The minimum atomic E-state index is -0.359. The van der Waals surface area contributed by atoms with Crippen molar-refractivity contribution in [3.8, 4) is 5.75 Å². The van der Waals surface area contributed by atoms with Crippen LogP contribution < -0.4 is 21.1 Å². The molecule has 2 rings (SSSR count). The first kappa shape index (κ1) is 18.7. The van der Waals surface area contributed by atoms with Crippen molar-refractivity contribution in [2.75, 3.05) is 37.4 Å². The summed E-state index contributed by atoms with van der Waals surface area (Å²) in [7, 11) is 1.52. The van der Waals surface area contributed by atoms with Crippen LogP contribution in [-0.2, 0) is 14.4 Å². The van der Waals surface area contributed by atoms with E-state index in [2.05, 4.69) is 10.6 Å². The molecule has 3 amide bonds. The van der Waals surface area contributed by atoms with Gasteiger partial charge in [0.05, 0.1) is 19.3 Å². The van der Waals surface area contributed by atoms with E-state index in [4.69, 9.17) is 10.5 Å². The summed E-state index contributed by atoms with van der Waals surface area (Å²) in [6.45, 7) is 2.96. The highest BCUT2D eigenvalue weighted by Gasteiger charge is 2.26. The molecule has 136 valence electrons. The number of nitrogens with one attached hydrogen (secondary N) is 2. The van der Waals surface area contributed by atoms with Gasteiger partial charge in [0.2, 0.25) is 17.7 Å². The largest absolute Gasteiger partial charge is 0.495 e. The van der Waals surface area contributed by atoms with Gasteiger partial charge >= 0.3 is 0 Å². The van der Waals surface area contributed by atoms with Crippen molar-refractivity contribution in [3.05, 3.63) is 18.2 Å². The second kappa shape index (κ2) is 8.48. The van der Waals surface area contributed by atoms with Crippen molar-refractivity contribution >= 4 is 29.1 Å². The number of likely N-dealkylation sites (tertiary alicyclic amines) is 1. The van der Waals surface area contributed by atoms with Crippen LogP contribution in [0.5, 0.6) is 5.75 Å². The summed E-state index contributed by atoms with van der Waals surface area (Å²) < 4.78 is 5.27. The molecule has 0 aliphatic carbocycles. The highest BCUT2D eigenvalue weighted by Crippen LogP contribution is 2.29. The van der Waals surface area contributed by atoms with Crippen molar-refractivity contribution in [2.45, 2.75) is 19.8 Å². The fourth-order valence-electron chi connectivity index (χ4n) is 2.90. The monoisotopic (exact) mass is 348 g/mol. The van der Waals surface area contributed by atoms with Crippen LogP contribution in [0.3, 0.4) is 0 Å². The number of rotatable bonds is 6. The smallest absolute Gasteiger partial charge is 0.231 e. The van der Waals surface area contributed by atoms with Gasteiger partial charge in [0, 0.05) is 18.5 Å². The van der Waals surface area contributed by atoms with Gasteiger partial charge in [0.1, 0.15) is 5.75 Å². The Bertz CT molecular complexity index is 654. The van der Waals surface area contributed by atoms with Gasteiger partial charge in [-0.25, -0.2) is 0 Å². The number of piperidine rings is 1. The van der Waals surface area contributed by atoms with Gasteiger partial charge < -0.3 is 21.1 Å². The summed E-state index contributed by atoms with van der Waals surface area (Å²) >= 11 is 0. The van der Waals surface area contributed by atoms with Crippen LogP contribution in [-0.4, -0.2) is 49.4 Å². The maximum Gasteiger partial charge on any atom is 0.231 e. The zero-order valence-electron chi connectivity index (χ0n) is 14.5. The van der Waals surface area contributed by atoms with E-state index in [0.717, 1.165) is 0 Å². The predicted octanol–water partition coefficient (Wildman–Crippen LogP) is 0.789. The van der Waals surface area contributed by atoms with Crippen LogP contribution in [0, 0.1) is 5.92 Å². The fourth-order valence-corrected chi connectivity index (χ4v) is 2.90. The molecule has 1 heterocycles. The summed E-state index contributed by atoms with van der Waals surface area (Å²) in [6.07, 6.45) is 1.32. The molecular weight excluding hydrogens is 324 g/mol. The average Bonchev–Trinajstić information content (AvgIpc) is 2.54. The van der Waals surface area contributed by atoms with Crippen molar-refractivity contribution in [1.29, 1.82) is 0 Å². The SMILES string of the molecule is COc1ccc(NC(C)=O)cc1NC(=O)C1CCN(CC(N)=O)CC1. The maximum atomic E-state index is 12.5. The number of carbonyl (C=O) groups is 3. The van der Waals surface area contributed by atoms with Gasteiger partial charge in [-0.1, -0.05) is 0 Å². The molecule has 0 unspecified atom stereocenters. The molecule has 8 nitrogen and oxygen atoms in total. The Labute approximate surface area is 146 Å². The predicted molar refractivity (Wildman–Crippen MR) is 94.3 cm³/mol. The van der Waals surface area contributed by atoms with Gasteiger partial charge in [-0.15, -0.1) is 0 Å². The lowest BCUT2D eigenvalue weighted by Crippen LogP contribution is -2.42. The lowest BCUT2D eigenvalue weighted by molar-refractivity contribution is -0.122. The average molecular weight is 348 g/mol. The third kappa shape index (κ3) is 5.46. The Morgan fingerprint density at radius 1 is 1.24 bits per heavy atom. The minimum Gasteiger partial charge on any atom is -0.495 e. The molecule has 8 heteroatoms. The molecule has 1 aromatic carbocycles. The maximum absolute atomic E-state index is 12.5. The van der Waals surface area contributed by atoms with E-state index < -0.39 is 0 Å². The zero-order valence-corrected chi connectivity index (χ0v) is 14.5. The molecule has 1 saturated heterocycles. The molecule has 0 bridgehead atoms. The van der Waals surface area contributed by atoms with Crippen molar-refractivity contribution in [2.24, 2.45) is 11.7 Å². The van der Waals surface area contributed by atoms with Crippen molar-refractivity contribution in [1.82, 2.24) is 4.90 Å². The first-order chi connectivity index (χ1) is 11.9. The molecule has 0 radical (unpaired) electrons. The molecular formula is C17H24N4O4. The number of nitrogens with two attached hydrogens (primary N) is 1. The van der Waals surface area contributed by atoms with E-state index in [1.165, 1.54) is 14.0 Å². The van der Waals surface area contributed by atoms with Crippen LogP contribution in [0.15, 0.2) is 18.2 Å². The van der Waals surface area contributed by atoms with E-state index in [-0.39, 0.29) is 30.2 Å². The second-order valence-electron chi connectivity index (χ2n) is 6.10. The Morgan fingerprint density at radius 3 is 2.48 bits per heavy atom. The molecule has 25 heavy (non-hydrogen) atoms. The van der Waals surface area contributed by atoms with E-state index >= 15 is 0 Å². The summed E-state index contributed by atoms with van der Waals surface area (Å²) in [6, 6.07) is 5.06. The number of nitrogens with zero attached hydrogens (tertiary/aromatic N) is 1. The summed E-state index contributed by atoms with van der Waals surface area (Å²) in [4.78, 5) is 36.6. The lowest BCUT2D eigenvalue weighted by atomic mass is 9.95. The van der Waals surface area contributed by atoms with Crippen molar-refractivity contribution in [3.63, 3.8) is 0 Å². The highest BCUT2D eigenvalue weighted by molar-refractivity contribution is 5.96. The van der Waals surface area contributed by atoms with Crippen LogP contribution in [0.25, 0.3) is 0 Å².